The molecule has 3 rings (SSSR count). The maximum Gasteiger partial charge on any atom is 0.315 e. The minimum Gasteiger partial charge on any atom is -0.457 e. The molecule has 0 unspecified atom stereocenters. The van der Waals surface area contributed by atoms with Crippen LogP contribution >= 0.6 is 34.5 Å². The Morgan fingerprint density at radius 2 is 2.08 bits per heavy atom. The number of halogens is 2. The third kappa shape index (κ3) is 2.76. The zero-order valence-electron chi connectivity index (χ0n) is 13.4. The van der Waals surface area contributed by atoms with Gasteiger partial charge >= 0.3 is 5.97 Å². The Bertz CT molecular complexity index is 814. The van der Waals surface area contributed by atoms with Gasteiger partial charge in [-0.25, -0.2) is 4.98 Å². The first kappa shape index (κ1) is 17.5. The molecule has 0 aromatic carbocycles. The molecule has 8 heteroatoms. The summed E-state index contributed by atoms with van der Waals surface area (Å²) in [6.45, 7) is 5.04. The number of Topliss-reactive ketones (excluding diaryl/α,β-unsaturated/α-hetero) is 1. The summed E-state index contributed by atoms with van der Waals surface area (Å²) in [6.07, 6.45) is 2.04. The number of aromatic nitrogens is 2. The number of hydrogen-bond donors (Lipinski definition) is 0. The van der Waals surface area contributed by atoms with Gasteiger partial charge in [-0.3, -0.25) is 14.2 Å². The molecule has 1 saturated carbocycles. The molecule has 1 fully saturated rings. The molecule has 0 amide bonds. The SMILES string of the molecule is Cc1cc(C(=O)COC(=O)[C@@]2(C)CC2(Cl)Cl)c(C)n1-c1nccs1. The number of rotatable bonds is 5. The Hall–Kier alpha value is -1.37. The number of ketones is 1. The molecular formula is C16H16Cl2N2O3S. The van der Waals surface area contributed by atoms with E-state index in [4.69, 9.17) is 27.9 Å². The van der Waals surface area contributed by atoms with Crippen LogP contribution in [0.2, 0.25) is 0 Å². The van der Waals surface area contributed by atoms with E-state index in [1.54, 1.807) is 19.2 Å². The molecule has 1 atom stereocenters. The second-order valence-electron chi connectivity index (χ2n) is 6.15. The number of carbonyl (C=O) groups excluding carboxylic acids is 2. The van der Waals surface area contributed by atoms with Crippen molar-refractivity contribution in [1.29, 1.82) is 0 Å². The summed E-state index contributed by atoms with van der Waals surface area (Å²) in [5.74, 6) is -0.812. The molecule has 2 aromatic heterocycles. The summed E-state index contributed by atoms with van der Waals surface area (Å²) < 4.78 is 5.94. The number of hydrogen-bond acceptors (Lipinski definition) is 5. The van der Waals surface area contributed by atoms with Crippen LogP contribution in [0.25, 0.3) is 5.13 Å². The standard InChI is InChI=1S/C16H16Cl2N2O3S/c1-9-6-11(10(2)20(9)14-19-4-5-24-14)12(21)7-23-13(22)15(3)8-16(15,17)18/h4-6H,7-8H2,1-3H3/t15-/m1/s1. The minimum atomic E-state index is -1.10. The predicted octanol–water partition coefficient (Wildman–Crippen LogP) is 3.86. The zero-order chi connectivity index (χ0) is 17.7. The van der Waals surface area contributed by atoms with E-state index < -0.39 is 15.7 Å². The second kappa shape index (κ2) is 5.86. The van der Waals surface area contributed by atoms with Gasteiger partial charge in [0.1, 0.15) is 9.75 Å². The number of esters is 1. The summed E-state index contributed by atoms with van der Waals surface area (Å²) in [4.78, 5) is 28.8. The molecule has 0 N–H and O–H groups in total. The van der Waals surface area contributed by atoms with Crippen LogP contribution in [0.5, 0.6) is 0 Å². The Kier molecular flexibility index (Phi) is 4.26. The number of aryl methyl sites for hydroxylation is 1. The largest absolute Gasteiger partial charge is 0.457 e. The molecular weight excluding hydrogens is 371 g/mol. The highest BCUT2D eigenvalue weighted by Crippen LogP contribution is 2.64. The fourth-order valence-corrected chi connectivity index (χ4v) is 4.10. The highest BCUT2D eigenvalue weighted by Gasteiger charge is 2.69. The monoisotopic (exact) mass is 386 g/mol. The van der Waals surface area contributed by atoms with Gasteiger partial charge < -0.3 is 4.74 Å². The van der Waals surface area contributed by atoms with Crippen molar-refractivity contribution in [1.82, 2.24) is 9.55 Å². The Balaban J connectivity index is 1.73. The lowest BCUT2D eigenvalue weighted by Gasteiger charge is -2.11. The zero-order valence-corrected chi connectivity index (χ0v) is 15.8. The summed E-state index contributed by atoms with van der Waals surface area (Å²) in [5.41, 5.74) is 1.24. The maximum atomic E-state index is 12.4. The van der Waals surface area contributed by atoms with Crippen molar-refractivity contribution in [3.8, 4) is 5.13 Å². The molecule has 0 radical (unpaired) electrons. The first-order valence-corrected chi connectivity index (χ1v) is 8.98. The topological polar surface area (TPSA) is 61.2 Å². The van der Waals surface area contributed by atoms with Crippen LogP contribution in [0.4, 0.5) is 0 Å². The van der Waals surface area contributed by atoms with Crippen molar-refractivity contribution >= 4 is 46.3 Å². The minimum absolute atomic E-state index is 0.266. The predicted molar refractivity (Wildman–Crippen MR) is 93.4 cm³/mol. The van der Waals surface area contributed by atoms with Crippen LogP contribution < -0.4 is 0 Å². The van der Waals surface area contributed by atoms with Crippen LogP contribution in [0.1, 0.15) is 35.1 Å². The average molecular weight is 387 g/mol. The summed E-state index contributed by atoms with van der Waals surface area (Å²) >= 11 is 13.4. The van der Waals surface area contributed by atoms with Crippen molar-refractivity contribution in [2.24, 2.45) is 5.41 Å². The van der Waals surface area contributed by atoms with Crippen LogP contribution in [-0.4, -0.2) is 32.2 Å². The molecule has 0 aliphatic heterocycles. The molecule has 0 spiro atoms. The third-order valence-electron chi connectivity index (χ3n) is 4.38. The van der Waals surface area contributed by atoms with Gasteiger partial charge in [0.2, 0.25) is 5.78 Å². The van der Waals surface area contributed by atoms with Gasteiger partial charge in [0.05, 0.1) is 0 Å². The van der Waals surface area contributed by atoms with E-state index in [9.17, 15) is 9.59 Å². The number of ether oxygens (including phenoxy) is 1. The molecule has 2 heterocycles. The Labute approximate surface area is 153 Å². The van der Waals surface area contributed by atoms with E-state index in [1.165, 1.54) is 11.3 Å². The summed E-state index contributed by atoms with van der Waals surface area (Å²) in [5, 5.41) is 2.67. The molecule has 5 nitrogen and oxygen atoms in total. The number of nitrogens with zero attached hydrogens (tertiary/aromatic N) is 2. The summed E-state index contributed by atoms with van der Waals surface area (Å²) in [6, 6.07) is 1.78. The third-order valence-corrected chi connectivity index (χ3v) is 6.24. The molecule has 2 aromatic rings. The van der Waals surface area contributed by atoms with Gasteiger partial charge in [-0.1, -0.05) is 0 Å². The average Bonchev–Trinajstić information content (AvgIpc) is 2.92. The smallest absolute Gasteiger partial charge is 0.315 e. The van der Waals surface area contributed by atoms with Gasteiger partial charge in [-0.15, -0.1) is 34.5 Å². The van der Waals surface area contributed by atoms with E-state index in [2.05, 4.69) is 4.98 Å². The quantitative estimate of drug-likeness (QED) is 0.444. The molecule has 128 valence electrons. The van der Waals surface area contributed by atoms with Crippen LogP contribution in [0, 0.1) is 19.3 Å². The van der Waals surface area contributed by atoms with Gasteiger partial charge in [0, 0.05) is 34.9 Å². The number of carbonyl (C=O) groups is 2. The second-order valence-corrected chi connectivity index (χ2v) is 8.50. The fourth-order valence-electron chi connectivity index (χ4n) is 2.66. The van der Waals surface area contributed by atoms with Crippen molar-refractivity contribution in [3.63, 3.8) is 0 Å². The van der Waals surface area contributed by atoms with Crippen LogP contribution in [0.3, 0.4) is 0 Å². The first-order valence-electron chi connectivity index (χ1n) is 7.34. The van der Waals surface area contributed by atoms with Gasteiger partial charge in [0.15, 0.2) is 11.7 Å². The molecule has 0 saturated heterocycles. The Morgan fingerprint density at radius 3 is 2.62 bits per heavy atom. The lowest BCUT2D eigenvalue weighted by molar-refractivity contribution is -0.148. The van der Waals surface area contributed by atoms with E-state index in [0.29, 0.717) is 12.0 Å². The fraction of sp³-hybridized carbons (Fsp3) is 0.438. The molecule has 24 heavy (non-hydrogen) atoms. The van der Waals surface area contributed by atoms with Crippen molar-refractivity contribution in [2.75, 3.05) is 6.61 Å². The van der Waals surface area contributed by atoms with Crippen molar-refractivity contribution < 1.29 is 14.3 Å². The van der Waals surface area contributed by atoms with Crippen molar-refractivity contribution in [2.45, 2.75) is 31.5 Å². The first-order chi connectivity index (χ1) is 11.2. The van der Waals surface area contributed by atoms with E-state index in [-0.39, 0.29) is 12.4 Å². The number of alkyl halides is 2. The Morgan fingerprint density at radius 1 is 1.42 bits per heavy atom. The maximum absolute atomic E-state index is 12.4. The summed E-state index contributed by atoms with van der Waals surface area (Å²) in [7, 11) is 0. The van der Waals surface area contributed by atoms with Crippen molar-refractivity contribution in [3.05, 3.63) is 34.6 Å². The van der Waals surface area contributed by atoms with Gasteiger partial charge in [-0.2, -0.15) is 0 Å². The van der Waals surface area contributed by atoms with Crippen LogP contribution in [0.15, 0.2) is 17.6 Å². The molecule has 0 bridgehead atoms. The van der Waals surface area contributed by atoms with E-state index in [1.807, 2.05) is 23.8 Å². The lowest BCUT2D eigenvalue weighted by atomic mass is 10.1. The molecule has 1 aliphatic rings. The molecule has 1 aliphatic carbocycles. The van der Waals surface area contributed by atoms with E-state index >= 15 is 0 Å². The highest BCUT2D eigenvalue weighted by atomic mass is 35.5. The normalized spacial score (nSPS) is 21.5. The van der Waals surface area contributed by atoms with Crippen LogP contribution in [-0.2, 0) is 9.53 Å². The highest BCUT2D eigenvalue weighted by molar-refractivity contribution is 7.12. The van der Waals surface area contributed by atoms with Gasteiger partial charge in [0.25, 0.3) is 0 Å². The number of thiazole rings is 1. The van der Waals surface area contributed by atoms with Gasteiger partial charge in [-0.05, 0) is 26.8 Å². The van der Waals surface area contributed by atoms with E-state index in [0.717, 1.165) is 16.5 Å². The lowest BCUT2D eigenvalue weighted by Crippen LogP contribution is -2.24.